The molecule has 0 saturated heterocycles. The molecule has 2 nitrogen and oxygen atoms in total. The fraction of sp³-hybridized carbons (Fsp3) is 0.417. The molecule has 0 aromatic heterocycles. The van der Waals surface area contributed by atoms with E-state index in [0.29, 0.717) is 0 Å². The van der Waals surface area contributed by atoms with E-state index < -0.39 is 5.97 Å². The van der Waals surface area contributed by atoms with Gasteiger partial charge in [0.1, 0.15) is 0 Å². The minimum atomic E-state index is -0.697. The van der Waals surface area contributed by atoms with Gasteiger partial charge in [-0.15, -0.1) is 0 Å². The maximum atomic E-state index is 10.8. The van der Waals surface area contributed by atoms with Gasteiger partial charge in [-0.1, -0.05) is 34.5 Å². The Labute approximate surface area is 97.4 Å². The van der Waals surface area contributed by atoms with E-state index in [0.717, 1.165) is 23.7 Å². The number of carboxylic acids is 1. The molecular weight excluding hydrogens is 256 g/mol. The predicted molar refractivity (Wildman–Crippen MR) is 61.9 cm³/mol. The lowest BCUT2D eigenvalue weighted by molar-refractivity contribution is -0.139. The van der Waals surface area contributed by atoms with Crippen molar-refractivity contribution in [2.45, 2.75) is 31.1 Å². The fourth-order valence-electron chi connectivity index (χ4n) is 2.26. The second-order valence-corrected chi connectivity index (χ2v) is 5.13. The largest absolute Gasteiger partial charge is 0.481 e. The molecule has 0 radical (unpaired) electrons. The van der Waals surface area contributed by atoms with E-state index in [1.807, 2.05) is 24.3 Å². The number of aliphatic carboxylic acids is 1. The van der Waals surface area contributed by atoms with Crippen LogP contribution in [-0.4, -0.2) is 11.1 Å². The summed E-state index contributed by atoms with van der Waals surface area (Å²) >= 11 is 3.39. The Morgan fingerprint density at radius 3 is 2.33 bits per heavy atom. The van der Waals surface area contributed by atoms with Gasteiger partial charge < -0.3 is 5.11 Å². The van der Waals surface area contributed by atoms with Gasteiger partial charge in [0, 0.05) is 9.89 Å². The highest BCUT2D eigenvalue weighted by Crippen LogP contribution is 2.46. The number of benzene rings is 1. The summed E-state index contributed by atoms with van der Waals surface area (Å²) < 4.78 is 1.04. The SMILES string of the molecule is O=C(O)CC1(c2ccc(Br)cc2)CCC1. The number of halogens is 1. The van der Waals surface area contributed by atoms with Crippen LogP contribution in [0.25, 0.3) is 0 Å². The van der Waals surface area contributed by atoms with Crippen molar-refractivity contribution < 1.29 is 9.90 Å². The standard InChI is InChI=1S/C12H13BrO2/c13-10-4-2-9(3-5-10)12(6-1-7-12)8-11(14)15/h2-5H,1,6-8H2,(H,14,15). The van der Waals surface area contributed by atoms with E-state index in [9.17, 15) is 4.79 Å². The van der Waals surface area contributed by atoms with E-state index in [4.69, 9.17) is 5.11 Å². The quantitative estimate of drug-likeness (QED) is 0.913. The first-order valence-corrected chi connectivity index (χ1v) is 5.90. The van der Waals surface area contributed by atoms with Crippen LogP contribution >= 0.6 is 15.9 Å². The predicted octanol–water partition coefficient (Wildman–Crippen LogP) is 3.35. The zero-order valence-corrected chi connectivity index (χ0v) is 9.96. The smallest absolute Gasteiger partial charge is 0.304 e. The molecule has 0 spiro atoms. The van der Waals surface area contributed by atoms with Gasteiger partial charge in [0.05, 0.1) is 6.42 Å². The summed E-state index contributed by atoms with van der Waals surface area (Å²) in [6, 6.07) is 8.03. The molecule has 0 amide bonds. The van der Waals surface area contributed by atoms with Gasteiger partial charge in [0.25, 0.3) is 0 Å². The molecule has 15 heavy (non-hydrogen) atoms. The minimum absolute atomic E-state index is 0.0907. The number of carboxylic acid groups (broad SMARTS) is 1. The molecule has 0 bridgehead atoms. The average Bonchev–Trinajstić information content (AvgIpc) is 2.13. The maximum Gasteiger partial charge on any atom is 0.304 e. The Kier molecular flexibility index (Phi) is 2.83. The third kappa shape index (κ3) is 2.07. The summed E-state index contributed by atoms with van der Waals surface area (Å²) in [6.07, 6.45) is 3.40. The highest BCUT2D eigenvalue weighted by atomic mass is 79.9. The number of carbonyl (C=O) groups is 1. The van der Waals surface area contributed by atoms with Gasteiger partial charge in [0.2, 0.25) is 0 Å². The topological polar surface area (TPSA) is 37.3 Å². The van der Waals surface area contributed by atoms with Crippen molar-refractivity contribution in [3.05, 3.63) is 34.3 Å². The lowest BCUT2D eigenvalue weighted by Crippen LogP contribution is -2.36. The van der Waals surface area contributed by atoms with Crippen LogP contribution in [0.1, 0.15) is 31.2 Å². The van der Waals surface area contributed by atoms with Crippen LogP contribution in [0.5, 0.6) is 0 Å². The molecule has 80 valence electrons. The van der Waals surface area contributed by atoms with Crippen LogP contribution in [-0.2, 0) is 10.2 Å². The molecular formula is C12H13BrO2. The van der Waals surface area contributed by atoms with Crippen LogP contribution in [0.2, 0.25) is 0 Å². The summed E-state index contributed by atoms with van der Waals surface area (Å²) in [5.74, 6) is -0.697. The fourth-order valence-corrected chi connectivity index (χ4v) is 2.53. The number of hydrogen-bond donors (Lipinski definition) is 1. The zero-order valence-electron chi connectivity index (χ0n) is 8.37. The third-order valence-electron chi connectivity index (χ3n) is 3.26. The molecule has 1 aliphatic carbocycles. The van der Waals surface area contributed by atoms with Crippen molar-refractivity contribution >= 4 is 21.9 Å². The molecule has 0 unspecified atom stereocenters. The van der Waals surface area contributed by atoms with Crippen LogP contribution in [0, 0.1) is 0 Å². The first-order chi connectivity index (χ1) is 7.12. The van der Waals surface area contributed by atoms with Crippen LogP contribution in [0.15, 0.2) is 28.7 Å². The highest BCUT2D eigenvalue weighted by molar-refractivity contribution is 9.10. The van der Waals surface area contributed by atoms with Crippen LogP contribution in [0.4, 0.5) is 0 Å². The maximum absolute atomic E-state index is 10.8. The van der Waals surface area contributed by atoms with E-state index >= 15 is 0 Å². The third-order valence-corrected chi connectivity index (χ3v) is 3.79. The lowest BCUT2D eigenvalue weighted by Gasteiger charge is -2.41. The summed E-state index contributed by atoms with van der Waals surface area (Å²) in [7, 11) is 0. The summed E-state index contributed by atoms with van der Waals surface area (Å²) in [5.41, 5.74) is 1.08. The average molecular weight is 269 g/mol. The summed E-state index contributed by atoms with van der Waals surface area (Å²) in [4.78, 5) is 10.8. The van der Waals surface area contributed by atoms with E-state index in [-0.39, 0.29) is 11.8 Å². The zero-order chi connectivity index (χ0) is 10.9. The molecule has 1 saturated carbocycles. The Hall–Kier alpha value is -0.830. The van der Waals surface area contributed by atoms with Crippen LogP contribution < -0.4 is 0 Å². The normalized spacial score (nSPS) is 18.2. The Bertz CT molecular complexity index is 366. The first kappa shape index (κ1) is 10.7. The lowest BCUT2D eigenvalue weighted by atomic mass is 9.62. The van der Waals surface area contributed by atoms with Crippen molar-refractivity contribution in [1.29, 1.82) is 0 Å². The van der Waals surface area contributed by atoms with Crippen molar-refractivity contribution in [3.63, 3.8) is 0 Å². The highest BCUT2D eigenvalue weighted by Gasteiger charge is 2.40. The molecule has 0 heterocycles. The minimum Gasteiger partial charge on any atom is -0.481 e. The molecule has 2 rings (SSSR count). The van der Waals surface area contributed by atoms with E-state index in [2.05, 4.69) is 15.9 Å². The second kappa shape index (κ2) is 3.97. The Morgan fingerprint density at radius 2 is 1.93 bits per heavy atom. The molecule has 1 aromatic rings. The van der Waals surface area contributed by atoms with Gasteiger partial charge >= 0.3 is 5.97 Å². The van der Waals surface area contributed by atoms with Gasteiger partial charge in [-0.2, -0.15) is 0 Å². The Morgan fingerprint density at radius 1 is 1.33 bits per heavy atom. The van der Waals surface area contributed by atoms with E-state index in [1.54, 1.807) is 0 Å². The molecule has 1 aliphatic rings. The van der Waals surface area contributed by atoms with Crippen molar-refractivity contribution in [3.8, 4) is 0 Å². The molecule has 1 fully saturated rings. The van der Waals surface area contributed by atoms with Crippen molar-refractivity contribution in [2.24, 2.45) is 0 Å². The second-order valence-electron chi connectivity index (χ2n) is 4.21. The monoisotopic (exact) mass is 268 g/mol. The van der Waals surface area contributed by atoms with Crippen LogP contribution in [0.3, 0.4) is 0 Å². The number of rotatable bonds is 3. The van der Waals surface area contributed by atoms with Gasteiger partial charge in [-0.3, -0.25) is 4.79 Å². The van der Waals surface area contributed by atoms with Gasteiger partial charge in [0.15, 0.2) is 0 Å². The Balaban J connectivity index is 2.26. The summed E-state index contributed by atoms with van der Waals surface area (Å²) in [5, 5.41) is 8.92. The molecule has 1 N–H and O–H groups in total. The van der Waals surface area contributed by atoms with E-state index in [1.165, 1.54) is 5.56 Å². The first-order valence-electron chi connectivity index (χ1n) is 5.10. The van der Waals surface area contributed by atoms with Gasteiger partial charge in [-0.25, -0.2) is 0 Å². The molecule has 0 atom stereocenters. The van der Waals surface area contributed by atoms with Crippen molar-refractivity contribution in [1.82, 2.24) is 0 Å². The van der Waals surface area contributed by atoms with Crippen molar-refractivity contribution in [2.75, 3.05) is 0 Å². The molecule has 1 aromatic carbocycles. The summed E-state index contributed by atoms with van der Waals surface area (Å²) in [6.45, 7) is 0. The molecule has 3 heteroatoms. The number of hydrogen-bond acceptors (Lipinski definition) is 1. The molecule has 0 aliphatic heterocycles. The van der Waals surface area contributed by atoms with Gasteiger partial charge in [-0.05, 0) is 30.5 Å².